The molecule has 0 fully saturated rings. The first-order valence-electron chi connectivity index (χ1n) is 3.35. The summed E-state index contributed by atoms with van der Waals surface area (Å²) < 4.78 is 34.6. The molecule has 0 unspecified atom stereocenters. The summed E-state index contributed by atoms with van der Waals surface area (Å²) in [6.07, 6.45) is 1.86. The molecule has 0 N–H and O–H groups in total. The normalized spacial score (nSPS) is 12.0. The lowest BCUT2D eigenvalue weighted by Crippen LogP contribution is -2.19. The molecular formula is C5H11BF3S-. The van der Waals surface area contributed by atoms with Crippen molar-refractivity contribution in [1.29, 1.82) is 0 Å². The molecular weight excluding hydrogens is 160 g/mol. The van der Waals surface area contributed by atoms with Crippen LogP contribution in [0.5, 0.6) is 0 Å². The van der Waals surface area contributed by atoms with Crippen molar-refractivity contribution in [2.45, 2.75) is 19.8 Å². The van der Waals surface area contributed by atoms with Crippen LogP contribution in [0.4, 0.5) is 12.9 Å². The van der Waals surface area contributed by atoms with E-state index in [-0.39, 0.29) is 0 Å². The molecule has 0 aromatic carbocycles. The van der Waals surface area contributed by atoms with E-state index < -0.39 is 12.6 Å². The Labute approximate surface area is 63.6 Å². The summed E-state index contributed by atoms with van der Waals surface area (Å²) in [6, 6.07) is 0. The van der Waals surface area contributed by atoms with Crippen molar-refractivity contribution in [3.8, 4) is 0 Å². The van der Waals surface area contributed by atoms with Crippen LogP contribution in [0.3, 0.4) is 0 Å². The van der Waals surface area contributed by atoms with Crippen LogP contribution in [0, 0.1) is 0 Å². The van der Waals surface area contributed by atoms with Gasteiger partial charge >= 0.3 is 6.98 Å². The fourth-order valence-electron chi connectivity index (χ4n) is 0.463. The zero-order valence-electron chi connectivity index (χ0n) is 5.95. The van der Waals surface area contributed by atoms with Gasteiger partial charge in [-0.1, -0.05) is 13.3 Å². The highest BCUT2D eigenvalue weighted by molar-refractivity contribution is 8.00. The van der Waals surface area contributed by atoms with Crippen LogP contribution in [-0.2, 0) is 0 Å². The van der Waals surface area contributed by atoms with Gasteiger partial charge in [-0.2, -0.15) is 11.8 Å². The van der Waals surface area contributed by atoms with Crippen molar-refractivity contribution >= 4 is 18.7 Å². The Balaban J connectivity index is 3.04. The van der Waals surface area contributed by atoms with Gasteiger partial charge in [-0.15, -0.1) is 0 Å². The molecule has 0 radical (unpaired) electrons. The minimum Gasteiger partial charge on any atom is -0.448 e. The molecule has 0 spiro atoms. The van der Waals surface area contributed by atoms with Gasteiger partial charge < -0.3 is 12.9 Å². The van der Waals surface area contributed by atoms with Crippen LogP contribution >= 0.6 is 11.8 Å². The second-order valence-corrected chi connectivity index (χ2v) is 3.29. The van der Waals surface area contributed by atoms with Crippen LogP contribution in [0.2, 0.25) is 0 Å². The zero-order chi connectivity index (χ0) is 8.04. The minimum absolute atomic E-state index is 0.637. The highest BCUT2D eigenvalue weighted by atomic mass is 32.2. The van der Waals surface area contributed by atoms with Gasteiger partial charge in [0, 0.05) is 0 Å². The van der Waals surface area contributed by atoms with E-state index >= 15 is 0 Å². The highest BCUT2D eigenvalue weighted by Gasteiger charge is 2.21. The van der Waals surface area contributed by atoms with Crippen molar-refractivity contribution in [1.82, 2.24) is 0 Å². The van der Waals surface area contributed by atoms with Gasteiger partial charge in [0.05, 0.1) is 0 Å². The number of hydrogen-bond acceptors (Lipinski definition) is 1. The molecule has 0 bridgehead atoms. The molecule has 0 saturated carbocycles. The van der Waals surface area contributed by atoms with Gasteiger partial charge in [-0.05, 0) is 17.8 Å². The number of unbranched alkanes of at least 4 members (excludes halogenated alkanes) is 1. The number of hydrogen-bond donors (Lipinski definition) is 0. The summed E-state index contributed by atoms with van der Waals surface area (Å²) in [5, 5.41) is 0. The molecule has 10 heavy (non-hydrogen) atoms. The first-order chi connectivity index (χ1) is 4.56. The minimum atomic E-state index is -4.55. The molecule has 0 atom stereocenters. The predicted octanol–water partition coefficient (Wildman–Crippen LogP) is 2.91. The smallest absolute Gasteiger partial charge is 0.448 e. The van der Waals surface area contributed by atoms with E-state index in [0.717, 1.165) is 24.6 Å². The molecule has 0 aliphatic rings. The average molecular weight is 171 g/mol. The van der Waals surface area contributed by atoms with Crippen LogP contribution < -0.4 is 0 Å². The molecule has 0 aliphatic heterocycles. The van der Waals surface area contributed by atoms with Crippen molar-refractivity contribution in [2.75, 3.05) is 11.4 Å². The standard InChI is InChI=1S/C5H11BF3S/c1-2-3-4-10-5-6(7,8)9/h2-5H2,1H3/q-1. The SMILES string of the molecule is CCCCSC[B-](F)(F)F. The molecule has 0 aromatic heterocycles. The van der Waals surface area contributed by atoms with Crippen LogP contribution in [0.25, 0.3) is 0 Å². The largest absolute Gasteiger partial charge is 0.488 e. The van der Waals surface area contributed by atoms with E-state index in [4.69, 9.17) is 0 Å². The second kappa shape index (κ2) is 4.94. The summed E-state index contributed by atoms with van der Waals surface area (Å²) in [7, 11) is 0. The Morgan fingerprint density at radius 3 is 2.30 bits per heavy atom. The lowest BCUT2D eigenvalue weighted by Gasteiger charge is -2.11. The van der Waals surface area contributed by atoms with Crippen molar-refractivity contribution in [3.63, 3.8) is 0 Å². The summed E-state index contributed by atoms with van der Waals surface area (Å²) in [5.41, 5.74) is -0.639. The maximum atomic E-state index is 11.5. The Hall–Kier alpha value is 0.205. The Kier molecular flexibility index (Phi) is 5.04. The summed E-state index contributed by atoms with van der Waals surface area (Å²) in [5.74, 6) is 0.637. The highest BCUT2D eigenvalue weighted by Crippen LogP contribution is 2.16. The maximum absolute atomic E-state index is 11.5. The van der Waals surface area contributed by atoms with E-state index in [2.05, 4.69) is 0 Å². The number of halogens is 3. The lowest BCUT2D eigenvalue weighted by molar-refractivity contribution is 0.485. The number of rotatable bonds is 5. The fraction of sp³-hybridized carbons (Fsp3) is 1.00. The van der Waals surface area contributed by atoms with Crippen LogP contribution in [-0.4, -0.2) is 18.4 Å². The molecule has 0 rings (SSSR count). The summed E-state index contributed by atoms with van der Waals surface area (Å²) in [4.78, 5) is 0. The first-order valence-corrected chi connectivity index (χ1v) is 4.50. The Morgan fingerprint density at radius 2 is 1.90 bits per heavy atom. The molecule has 0 nitrogen and oxygen atoms in total. The van der Waals surface area contributed by atoms with Gasteiger partial charge in [0.1, 0.15) is 0 Å². The van der Waals surface area contributed by atoms with E-state index in [1.54, 1.807) is 0 Å². The molecule has 62 valence electrons. The third-order valence-electron chi connectivity index (χ3n) is 0.949. The van der Waals surface area contributed by atoms with E-state index in [1.807, 2.05) is 6.92 Å². The van der Waals surface area contributed by atoms with Gasteiger partial charge in [-0.3, -0.25) is 0 Å². The molecule has 0 saturated heterocycles. The second-order valence-electron chi connectivity index (χ2n) is 2.14. The third-order valence-corrected chi connectivity index (χ3v) is 2.14. The number of thioether (sulfide) groups is 1. The molecule has 0 aromatic rings. The van der Waals surface area contributed by atoms with Gasteiger partial charge in [-0.25, -0.2) is 0 Å². The molecule has 0 heterocycles. The van der Waals surface area contributed by atoms with E-state index in [9.17, 15) is 12.9 Å². The molecule has 0 aliphatic carbocycles. The fourth-order valence-corrected chi connectivity index (χ4v) is 1.39. The summed E-state index contributed by atoms with van der Waals surface area (Å²) in [6.45, 7) is -2.58. The van der Waals surface area contributed by atoms with Gasteiger partial charge in [0.15, 0.2) is 0 Å². The lowest BCUT2D eigenvalue weighted by atomic mass is 9.98. The van der Waals surface area contributed by atoms with E-state index in [0.29, 0.717) is 5.75 Å². The van der Waals surface area contributed by atoms with Crippen molar-refractivity contribution in [2.24, 2.45) is 0 Å². The van der Waals surface area contributed by atoms with Crippen molar-refractivity contribution in [3.05, 3.63) is 0 Å². The average Bonchev–Trinajstić information content (AvgIpc) is 1.78. The summed E-state index contributed by atoms with van der Waals surface area (Å²) >= 11 is 0.988. The first kappa shape index (κ1) is 10.2. The van der Waals surface area contributed by atoms with E-state index in [1.165, 1.54) is 0 Å². The van der Waals surface area contributed by atoms with Gasteiger partial charge in [0.25, 0.3) is 0 Å². The Bertz CT molecular complexity index is 83.5. The monoisotopic (exact) mass is 171 g/mol. The topological polar surface area (TPSA) is 0 Å². The van der Waals surface area contributed by atoms with Crippen LogP contribution in [0.15, 0.2) is 0 Å². The predicted molar refractivity (Wildman–Crippen MR) is 41.3 cm³/mol. The quantitative estimate of drug-likeness (QED) is 0.452. The van der Waals surface area contributed by atoms with Crippen LogP contribution in [0.1, 0.15) is 19.8 Å². The maximum Gasteiger partial charge on any atom is 0.488 e. The molecule has 0 amide bonds. The van der Waals surface area contributed by atoms with Crippen molar-refractivity contribution < 1.29 is 12.9 Å². The molecule has 5 heteroatoms. The Morgan fingerprint density at radius 1 is 1.30 bits per heavy atom. The zero-order valence-corrected chi connectivity index (χ0v) is 6.76. The third kappa shape index (κ3) is 8.20. The van der Waals surface area contributed by atoms with Gasteiger partial charge in [0.2, 0.25) is 0 Å².